The van der Waals surface area contributed by atoms with Gasteiger partial charge in [0.1, 0.15) is 11.5 Å². The number of nitrogens with one attached hydrogen (secondary N) is 2. The smallest absolute Gasteiger partial charge is 0.139 e. The van der Waals surface area contributed by atoms with Gasteiger partial charge in [-0.1, -0.05) is 12.1 Å². The molecule has 2 unspecified atom stereocenters. The van der Waals surface area contributed by atoms with Crippen molar-refractivity contribution in [2.24, 2.45) is 5.92 Å². The van der Waals surface area contributed by atoms with Crippen LogP contribution in [0.1, 0.15) is 44.6 Å². The molecule has 0 amide bonds. The maximum absolute atomic E-state index is 13.5. The first-order chi connectivity index (χ1) is 13.5. The second-order valence-electron chi connectivity index (χ2n) is 8.33. The van der Waals surface area contributed by atoms with E-state index >= 15 is 0 Å². The van der Waals surface area contributed by atoms with Gasteiger partial charge in [-0.25, -0.2) is 9.37 Å². The van der Waals surface area contributed by atoms with E-state index < -0.39 is 0 Å². The van der Waals surface area contributed by atoms with E-state index in [-0.39, 0.29) is 11.4 Å². The Bertz CT molecular complexity index is 919. The van der Waals surface area contributed by atoms with Gasteiger partial charge in [-0.3, -0.25) is 0 Å². The Balaban J connectivity index is 1.50. The van der Waals surface area contributed by atoms with E-state index in [0.717, 1.165) is 49.1 Å². The van der Waals surface area contributed by atoms with Crippen LogP contribution in [0.4, 0.5) is 10.1 Å². The van der Waals surface area contributed by atoms with E-state index in [2.05, 4.69) is 29.1 Å². The lowest BCUT2D eigenvalue weighted by Gasteiger charge is -2.39. The molecule has 1 fully saturated rings. The molecule has 148 valence electrons. The van der Waals surface area contributed by atoms with Gasteiger partial charge in [-0.05, 0) is 74.8 Å². The minimum Gasteiger partial charge on any atom is -0.384 e. The average Bonchev–Trinajstić information content (AvgIpc) is 3.15. The van der Waals surface area contributed by atoms with E-state index in [9.17, 15) is 4.39 Å². The zero-order chi connectivity index (χ0) is 19.6. The second kappa shape index (κ2) is 7.92. The molecule has 2 N–H and O–H groups in total. The fourth-order valence-electron chi connectivity index (χ4n) is 4.48. The number of fused-ring (bicyclic) bond motifs is 1. The number of aromatic nitrogens is 2. The van der Waals surface area contributed by atoms with Crippen molar-refractivity contribution >= 4 is 16.7 Å². The van der Waals surface area contributed by atoms with Gasteiger partial charge in [0.2, 0.25) is 0 Å². The Morgan fingerprint density at radius 3 is 2.86 bits per heavy atom. The zero-order valence-electron chi connectivity index (χ0n) is 16.5. The molecule has 3 heterocycles. The van der Waals surface area contributed by atoms with Crippen molar-refractivity contribution < 1.29 is 9.13 Å². The van der Waals surface area contributed by atoms with Crippen LogP contribution in [0.3, 0.4) is 0 Å². The van der Waals surface area contributed by atoms with Gasteiger partial charge in [-0.15, -0.1) is 0 Å². The summed E-state index contributed by atoms with van der Waals surface area (Å²) in [6, 6.07) is 11.1. The van der Waals surface area contributed by atoms with Gasteiger partial charge in [0.15, 0.2) is 0 Å². The molecule has 0 aliphatic carbocycles. The van der Waals surface area contributed by atoms with Crippen LogP contribution in [0.25, 0.3) is 11.0 Å². The molecule has 0 bridgehead atoms. The summed E-state index contributed by atoms with van der Waals surface area (Å²) in [5.74, 6) is 0.722. The molecule has 2 atom stereocenters. The molecule has 0 saturated carbocycles. The molecule has 1 aromatic carbocycles. The number of benzene rings is 1. The molecule has 2 aromatic heterocycles. The third kappa shape index (κ3) is 4.20. The Morgan fingerprint density at radius 2 is 2.07 bits per heavy atom. The maximum Gasteiger partial charge on any atom is 0.139 e. The SMILES string of the molecule is CC1(C)CC(C(CCNc2ccnc3[nH]ccc23)c2ccc(F)cc2)CCO1. The van der Waals surface area contributed by atoms with E-state index in [4.69, 9.17) is 4.74 Å². The Morgan fingerprint density at radius 1 is 1.25 bits per heavy atom. The number of H-pyrrole nitrogens is 1. The van der Waals surface area contributed by atoms with Crippen LogP contribution >= 0.6 is 0 Å². The summed E-state index contributed by atoms with van der Waals surface area (Å²) < 4.78 is 19.4. The number of anilines is 1. The molecule has 0 radical (unpaired) electrons. The van der Waals surface area contributed by atoms with E-state index in [0.29, 0.717) is 11.8 Å². The van der Waals surface area contributed by atoms with Crippen LogP contribution in [0.15, 0.2) is 48.8 Å². The van der Waals surface area contributed by atoms with Crippen LogP contribution in [-0.4, -0.2) is 28.7 Å². The molecule has 1 aliphatic heterocycles. The number of aromatic amines is 1. The molecule has 1 aliphatic rings. The number of halogens is 1. The van der Waals surface area contributed by atoms with Crippen LogP contribution in [-0.2, 0) is 4.74 Å². The molecular formula is C23H28FN3O. The highest BCUT2D eigenvalue weighted by molar-refractivity contribution is 5.89. The number of hydrogen-bond donors (Lipinski definition) is 2. The van der Waals surface area contributed by atoms with Gasteiger partial charge < -0.3 is 15.0 Å². The Kier molecular flexibility index (Phi) is 5.36. The first-order valence-corrected chi connectivity index (χ1v) is 10.1. The van der Waals surface area contributed by atoms with Gasteiger partial charge in [0, 0.05) is 36.6 Å². The first kappa shape index (κ1) is 18.9. The van der Waals surface area contributed by atoms with Gasteiger partial charge >= 0.3 is 0 Å². The summed E-state index contributed by atoms with van der Waals surface area (Å²) in [7, 11) is 0. The Labute approximate surface area is 165 Å². The predicted molar refractivity (Wildman–Crippen MR) is 111 cm³/mol. The van der Waals surface area contributed by atoms with Crippen molar-refractivity contribution in [3.05, 3.63) is 60.2 Å². The quantitative estimate of drug-likeness (QED) is 0.593. The van der Waals surface area contributed by atoms with Crippen molar-refractivity contribution in [2.75, 3.05) is 18.5 Å². The fourth-order valence-corrected chi connectivity index (χ4v) is 4.48. The van der Waals surface area contributed by atoms with Gasteiger partial charge in [-0.2, -0.15) is 0 Å². The summed E-state index contributed by atoms with van der Waals surface area (Å²) >= 11 is 0. The minimum atomic E-state index is -0.181. The van der Waals surface area contributed by atoms with E-state index in [1.54, 1.807) is 12.1 Å². The number of hydrogen-bond acceptors (Lipinski definition) is 3. The van der Waals surface area contributed by atoms with Crippen molar-refractivity contribution in [3.63, 3.8) is 0 Å². The lowest BCUT2D eigenvalue weighted by atomic mass is 9.75. The second-order valence-corrected chi connectivity index (χ2v) is 8.33. The molecule has 4 rings (SSSR count). The summed E-state index contributed by atoms with van der Waals surface area (Å²) in [6.45, 7) is 5.97. The zero-order valence-corrected chi connectivity index (χ0v) is 16.5. The van der Waals surface area contributed by atoms with Crippen LogP contribution in [0.2, 0.25) is 0 Å². The number of ether oxygens (including phenoxy) is 1. The number of nitrogens with zero attached hydrogens (tertiary/aromatic N) is 1. The van der Waals surface area contributed by atoms with Crippen LogP contribution in [0, 0.1) is 11.7 Å². The monoisotopic (exact) mass is 381 g/mol. The molecule has 0 spiro atoms. The predicted octanol–water partition coefficient (Wildman–Crippen LogP) is 5.49. The van der Waals surface area contributed by atoms with Crippen LogP contribution in [0.5, 0.6) is 0 Å². The third-order valence-corrected chi connectivity index (χ3v) is 5.83. The molecule has 1 saturated heterocycles. The van der Waals surface area contributed by atoms with Gasteiger partial charge in [0.25, 0.3) is 0 Å². The fraction of sp³-hybridized carbons (Fsp3) is 0.435. The topological polar surface area (TPSA) is 49.9 Å². The highest BCUT2D eigenvalue weighted by Gasteiger charge is 2.34. The lowest BCUT2D eigenvalue weighted by Crippen LogP contribution is -2.36. The van der Waals surface area contributed by atoms with Crippen molar-refractivity contribution in [1.29, 1.82) is 0 Å². The van der Waals surface area contributed by atoms with Crippen molar-refractivity contribution in [2.45, 2.75) is 44.6 Å². The normalized spacial score (nSPS) is 20.2. The molecule has 5 heteroatoms. The summed E-state index contributed by atoms with van der Waals surface area (Å²) in [6.07, 6.45) is 6.78. The van der Waals surface area contributed by atoms with E-state index in [1.807, 2.05) is 36.7 Å². The molecular weight excluding hydrogens is 353 g/mol. The van der Waals surface area contributed by atoms with Crippen LogP contribution < -0.4 is 5.32 Å². The highest BCUT2D eigenvalue weighted by Crippen LogP contribution is 2.40. The molecule has 4 nitrogen and oxygen atoms in total. The first-order valence-electron chi connectivity index (χ1n) is 10.1. The summed E-state index contributed by atoms with van der Waals surface area (Å²) in [5, 5.41) is 4.68. The van der Waals surface area contributed by atoms with E-state index in [1.165, 1.54) is 5.56 Å². The number of rotatable bonds is 6. The Hall–Kier alpha value is -2.40. The minimum absolute atomic E-state index is 0.100. The molecule has 28 heavy (non-hydrogen) atoms. The van der Waals surface area contributed by atoms with Crippen molar-refractivity contribution in [1.82, 2.24) is 9.97 Å². The number of pyridine rings is 1. The molecule has 3 aromatic rings. The largest absolute Gasteiger partial charge is 0.384 e. The summed E-state index contributed by atoms with van der Waals surface area (Å²) in [5.41, 5.74) is 3.10. The van der Waals surface area contributed by atoms with Crippen molar-refractivity contribution in [3.8, 4) is 0 Å². The third-order valence-electron chi connectivity index (χ3n) is 5.83. The average molecular weight is 381 g/mol. The standard InChI is InChI=1S/C23H28FN3O/c1-23(2)15-17(10-14-28-23)19(16-3-5-18(24)6-4-16)7-11-25-21-9-13-27-22-20(21)8-12-26-22/h3-6,8-9,12-13,17,19H,7,10-11,14-15H2,1-2H3,(H2,25,26,27). The lowest BCUT2D eigenvalue weighted by molar-refractivity contribution is -0.0770. The highest BCUT2D eigenvalue weighted by atomic mass is 19.1. The maximum atomic E-state index is 13.5. The summed E-state index contributed by atoms with van der Waals surface area (Å²) in [4.78, 5) is 7.50. The van der Waals surface area contributed by atoms with Gasteiger partial charge in [0.05, 0.1) is 5.60 Å².